The minimum Gasteiger partial charge on any atom is -0.437 e. The van der Waals surface area contributed by atoms with Gasteiger partial charge in [-0.05, 0) is 30.2 Å². The lowest BCUT2D eigenvalue weighted by Crippen LogP contribution is -1.78. The van der Waals surface area contributed by atoms with E-state index in [1.165, 1.54) is 5.56 Å². The van der Waals surface area contributed by atoms with Crippen molar-refractivity contribution >= 4 is 22.7 Å². The van der Waals surface area contributed by atoms with Gasteiger partial charge in [-0.1, -0.05) is 42.5 Å². The predicted molar refractivity (Wildman–Crippen MR) is 74.0 cm³/mol. The summed E-state index contributed by atoms with van der Waals surface area (Å²) in [4.78, 5) is 4.44. The molecule has 3 aromatic rings. The number of aromatic nitrogens is 1. The van der Waals surface area contributed by atoms with Crippen molar-refractivity contribution in [2.75, 3.05) is 0 Å². The molecule has 0 fully saturated rings. The number of para-hydroxylation sites is 2. The maximum atomic E-state index is 5.67. The van der Waals surface area contributed by atoms with Crippen LogP contribution >= 0.6 is 0 Å². The molecule has 0 atom stereocenters. The highest BCUT2D eigenvalue weighted by Gasteiger charge is 2.03. The third-order valence-electron chi connectivity index (χ3n) is 2.88. The highest BCUT2D eigenvalue weighted by atomic mass is 16.3. The number of hydrogen-bond acceptors (Lipinski definition) is 2. The van der Waals surface area contributed by atoms with Crippen molar-refractivity contribution in [3.05, 3.63) is 66.1 Å². The number of allylic oxidation sites excluding steroid dienone is 1. The van der Waals surface area contributed by atoms with Crippen molar-refractivity contribution in [2.45, 2.75) is 6.92 Å². The lowest BCUT2D eigenvalue weighted by Gasteiger charge is -1.98. The molecule has 88 valence electrons. The van der Waals surface area contributed by atoms with Gasteiger partial charge in [0.05, 0.1) is 0 Å². The zero-order valence-corrected chi connectivity index (χ0v) is 10.1. The molecule has 0 saturated heterocycles. The summed E-state index contributed by atoms with van der Waals surface area (Å²) in [7, 11) is 0. The molecular formula is C16H13NO. The minimum absolute atomic E-state index is 0.651. The minimum atomic E-state index is 0.651. The summed E-state index contributed by atoms with van der Waals surface area (Å²) in [6.07, 6.45) is 1.97. The van der Waals surface area contributed by atoms with Crippen LogP contribution in [0, 0.1) is 0 Å². The summed E-state index contributed by atoms with van der Waals surface area (Å²) in [5.74, 6) is 0.651. The molecule has 0 radical (unpaired) electrons. The van der Waals surface area contributed by atoms with Crippen LogP contribution in [0.25, 0.3) is 22.7 Å². The number of rotatable bonds is 2. The summed E-state index contributed by atoms with van der Waals surface area (Å²) >= 11 is 0. The number of benzene rings is 2. The summed E-state index contributed by atoms with van der Waals surface area (Å²) in [6, 6.07) is 18.0. The Balaban J connectivity index is 2.00. The lowest BCUT2D eigenvalue weighted by atomic mass is 10.1. The standard InChI is InChI=1S/C16H13NO/c1-12(13-7-3-2-4-8-13)11-16-17-14-9-5-6-10-15(14)18-16/h2-11H,1H3/b12-11-. The topological polar surface area (TPSA) is 26.0 Å². The molecule has 0 aliphatic rings. The van der Waals surface area contributed by atoms with E-state index in [0.29, 0.717) is 5.89 Å². The Kier molecular flexibility index (Phi) is 2.69. The van der Waals surface area contributed by atoms with Gasteiger partial charge in [0.1, 0.15) is 5.52 Å². The quantitative estimate of drug-likeness (QED) is 0.658. The van der Waals surface area contributed by atoms with Gasteiger partial charge in [0, 0.05) is 6.08 Å². The van der Waals surface area contributed by atoms with E-state index in [1.807, 2.05) is 48.5 Å². The van der Waals surface area contributed by atoms with E-state index in [1.54, 1.807) is 0 Å². The second kappa shape index (κ2) is 4.49. The van der Waals surface area contributed by atoms with Crippen molar-refractivity contribution in [1.82, 2.24) is 4.98 Å². The Morgan fingerprint density at radius 2 is 1.72 bits per heavy atom. The number of hydrogen-bond donors (Lipinski definition) is 0. The maximum Gasteiger partial charge on any atom is 0.220 e. The molecule has 1 aromatic heterocycles. The predicted octanol–water partition coefficient (Wildman–Crippen LogP) is 4.39. The molecule has 0 N–H and O–H groups in total. The van der Waals surface area contributed by atoms with Crippen LogP contribution in [-0.2, 0) is 0 Å². The van der Waals surface area contributed by atoms with Crippen LogP contribution in [0.3, 0.4) is 0 Å². The van der Waals surface area contributed by atoms with Gasteiger partial charge in [-0.3, -0.25) is 0 Å². The second-order valence-electron chi connectivity index (χ2n) is 4.21. The molecule has 0 unspecified atom stereocenters. The third-order valence-corrected chi connectivity index (χ3v) is 2.88. The number of oxazole rings is 1. The van der Waals surface area contributed by atoms with Crippen LogP contribution in [0.1, 0.15) is 18.4 Å². The molecular weight excluding hydrogens is 222 g/mol. The maximum absolute atomic E-state index is 5.67. The van der Waals surface area contributed by atoms with E-state index < -0.39 is 0 Å². The van der Waals surface area contributed by atoms with Gasteiger partial charge in [-0.15, -0.1) is 0 Å². The van der Waals surface area contributed by atoms with E-state index in [2.05, 4.69) is 24.0 Å². The van der Waals surface area contributed by atoms with Crippen LogP contribution < -0.4 is 0 Å². The average Bonchev–Trinajstić information content (AvgIpc) is 2.82. The van der Waals surface area contributed by atoms with Crippen LogP contribution in [0.5, 0.6) is 0 Å². The number of nitrogens with zero attached hydrogens (tertiary/aromatic N) is 1. The van der Waals surface area contributed by atoms with Gasteiger partial charge >= 0.3 is 0 Å². The third kappa shape index (κ3) is 2.05. The largest absolute Gasteiger partial charge is 0.437 e. The molecule has 0 aliphatic carbocycles. The molecule has 0 amide bonds. The SMILES string of the molecule is C/C(=C/c1nc2ccccc2o1)c1ccccc1. The fourth-order valence-corrected chi connectivity index (χ4v) is 1.92. The van der Waals surface area contributed by atoms with Gasteiger partial charge < -0.3 is 4.42 Å². The Morgan fingerprint density at radius 1 is 1.00 bits per heavy atom. The first-order chi connectivity index (χ1) is 8.83. The van der Waals surface area contributed by atoms with Crippen molar-refractivity contribution in [3.8, 4) is 0 Å². The van der Waals surface area contributed by atoms with Gasteiger partial charge in [-0.2, -0.15) is 0 Å². The van der Waals surface area contributed by atoms with Crippen molar-refractivity contribution in [2.24, 2.45) is 0 Å². The van der Waals surface area contributed by atoms with E-state index >= 15 is 0 Å². The van der Waals surface area contributed by atoms with Gasteiger partial charge in [0.25, 0.3) is 0 Å². The molecule has 0 saturated carbocycles. The summed E-state index contributed by atoms with van der Waals surface area (Å²) in [5.41, 5.74) is 4.04. The first kappa shape index (κ1) is 10.8. The van der Waals surface area contributed by atoms with E-state index in [4.69, 9.17) is 4.42 Å². The van der Waals surface area contributed by atoms with Crippen molar-refractivity contribution in [3.63, 3.8) is 0 Å². The van der Waals surface area contributed by atoms with Crippen molar-refractivity contribution < 1.29 is 4.42 Å². The summed E-state index contributed by atoms with van der Waals surface area (Å²) in [6.45, 7) is 2.06. The monoisotopic (exact) mass is 235 g/mol. The van der Waals surface area contributed by atoms with Gasteiger partial charge in [0.15, 0.2) is 5.58 Å². The fraction of sp³-hybridized carbons (Fsp3) is 0.0625. The average molecular weight is 235 g/mol. The second-order valence-corrected chi connectivity index (χ2v) is 4.21. The zero-order valence-electron chi connectivity index (χ0n) is 10.1. The molecule has 2 nitrogen and oxygen atoms in total. The van der Waals surface area contributed by atoms with Crippen LogP contribution in [-0.4, -0.2) is 4.98 Å². The molecule has 1 heterocycles. The van der Waals surface area contributed by atoms with Crippen molar-refractivity contribution in [1.29, 1.82) is 0 Å². The Morgan fingerprint density at radius 3 is 2.50 bits per heavy atom. The number of fused-ring (bicyclic) bond motifs is 1. The van der Waals surface area contributed by atoms with Crippen LogP contribution in [0.4, 0.5) is 0 Å². The molecule has 0 spiro atoms. The van der Waals surface area contributed by atoms with Gasteiger partial charge in [-0.25, -0.2) is 4.98 Å². The summed E-state index contributed by atoms with van der Waals surface area (Å²) < 4.78 is 5.67. The zero-order chi connectivity index (χ0) is 12.4. The fourth-order valence-electron chi connectivity index (χ4n) is 1.92. The Hall–Kier alpha value is -2.35. The van der Waals surface area contributed by atoms with E-state index in [0.717, 1.165) is 16.7 Å². The Bertz CT molecular complexity index is 662. The molecule has 0 aliphatic heterocycles. The normalized spacial score (nSPS) is 11.9. The molecule has 2 heteroatoms. The van der Waals surface area contributed by atoms with Crippen LogP contribution in [0.15, 0.2) is 59.0 Å². The first-order valence-electron chi connectivity index (χ1n) is 5.92. The molecule has 18 heavy (non-hydrogen) atoms. The molecule has 2 aromatic carbocycles. The van der Waals surface area contributed by atoms with E-state index in [-0.39, 0.29) is 0 Å². The molecule has 3 rings (SSSR count). The molecule has 0 bridgehead atoms. The van der Waals surface area contributed by atoms with Gasteiger partial charge in [0.2, 0.25) is 5.89 Å². The van der Waals surface area contributed by atoms with E-state index in [9.17, 15) is 0 Å². The van der Waals surface area contributed by atoms with Crippen LogP contribution in [0.2, 0.25) is 0 Å². The lowest BCUT2D eigenvalue weighted by molar-refractivity contribution is 0.589. The summed E-state index contributed by atoms with van der Waals surface area (Å²) in [5, 5.41) is 0. The highest BCUT2D eigenvalue weighted by Crippen LogP contribution is 2.20. The Labute approximate surface area is 106 Å². The first-order valence-corrected chi connectivity index (χ1v) is 5.92. The smallest absolute Gasteiger partial charge is 0.220 e. The highest BCUT2D eigenvalue weighted by molar-refractivity contribution is 5.80.